The van der Waals surface area contributed by atoms with Gasteiger partial charge in [-0.2, -0.15) is 0 Å². The Kier molecular flexibility index (Phi) is 7.65. The van der Waals surface area contributed by atoms with Gasteiger partial charge in [0, 0.05) is 43.0 Å². The normalized spacial score (nSPS) is 13.9. The molecule has 0 atom stereocenters. The largest absolute Gasteiger partial charge is 0.336 e. The molecule has 0 aliphatic carbocycles. The second-order valence-corrected chi connectivity index (χ2v) is 9.56. The summed E-state index contributed by atoms with van der Waals surface area (Å²) in [6, 6.07) is 18.6. The van der Waals surface area contributed by atoms with Gasteiger partial charge in [-0.05, 0) is 62.1 Å². The van der Waals surface area contributed by atoms with E-state index in [-0.39, 0.29) is 24.1 Å². The van der Waals surface area contributed by atoms with Crippen molar-refractivity contribution in [3.8, 4) is 0 Å². The number of aryl methyl sites for hydroxylation is 4. The molecule has 1 saturated heterocycles. The molecule has 186 valence electrons. The highest BCUT2D eigenvalue weighted by Crippen LogP contribution is 2.21. The molecule has 1 aliphatic rings. The Labute approximate surface area is 212 Å². The summed E-state index contributed by atoms with van der Waals surface area (Å²) in [5.74, 6) is -0.359. The first-order valence-corrected chi connectivity index (χ1v) is 12.3. The third-order valence-corrected chi connectivity index (χ3v) is 6.94. The predicted molar refractivity (Wildman–Crippen MR) is 143 cm³/mol. The van der Waals surface area contributed by atoms with Crippen LogP contribution in [0.25, 0.3) is 0 Å². The van der Waals surface area contributed by atoms with Crippen molar-refractivity contribution >= 4 is 23.3 Å². The highest BCUT2D eigenvalue weighted by molar-refractivity contribution is 6.15. The topological polar surface area (TPSA) is 69.7 Å². The standard InChI is InChI=1S/C30H33N3O3/c1-20-12-13-24(18-23(20)4)29(35)25-10-5-6-11-26(25)30(36)33-16-14-32(15-17-33)19-27(34)31-28-21(2)8-7-9-22(28)3/h5-13,18H,14-17,19H2,1-4H3,(H,31,34). The minimum atomic E-state index is -0.151. The molecule has 6 heteroatoms. The molecular weight excluding hydrogens is 450 g/mol. The second-order valence-electron chi connectivity index (χ2n) is 9.56. The number of amides is 2. The SMILES string of the molecule is Cc1ccc(C(=O)c2ccccc2C(=O)N2CCN(CC(=O)Nc3c(C)cccc3C)CC2)cc1C. The van der Waals surface area contributed by atoms with Gasteiger partial charge in [-0.25, -0.2) is 0 Å². The Morgan fingerprint density at radius 3 is 2.00 bits per heavy atom. The lowest BCUT2D eigenvalue weighted by Crippen LogP contribution is -2.50. The summed E-state index contributed by atoms with van der Waals surface area (Å²) in [6.07, 6.45) is 0. The number of carbonyl (C=O) groups is 3. The molecule has 3 aromatic carbocycles. The molecule has 1 heterocycles. The molecule has 1 N–H and O–H groups in total. The van der Waals surface area contributed by atoms with Crippen LogP contribution in [0.2, 0.25) is 0 Å². The summed E-state index contributed by atoms with van der Waals surface area (Å²) in [5.41, 5.74) is 6.52. The summed E-state index contributed by atoms with van der Waals surface area (Å²) in [6.45, 7) is 10.4. The van der Waals surface area contributed by atoms with Crippen LogP contribution in [-0.4, -0.2) is 60.1 Å². The van der Waals surface area contributed by atoms with Gasteiger partial charge in [-0.1, -0.05) is 48.5 Å². The lowest BCUT2D eigenvalue weighted by molar-refractivity contribution is -0.117. The molecule has 0 spiro atoms. The minimum absolute atomic E-state index is 0.0588. The first-order valence-electron chi connectivity index (χ1n) is 12.3. The quantitative estimate of drug-likeness (QED) is 0.523. The van der Waals surface area contributed by atoms with Crippen LogP contribution < -0.4 is 5.32 Å². The van der Waals surface area contributed by atoms with Gasteiger partial charge in [0.25, 0.3) is 5.91 Å². The van der Waals surface area contributed by atoms with E-state index in [1.807, 2.05) is 64.1 Å². The van der Waals surface area contributed by atoms with Crippen molar-refractivity contribution in [2.24, 2.45) is 0 Å². The van der Waals surface area contributed by atoms with Crippen LogP contribution in [0.1, 0.15) is 48.5 Å². The minimum Gasteiger partial charge on any atom is -0.336 e. The fraction of sp³-hybridized carbons (Fsp3) is 0.300. The van der Waals surface area contributed by atoms with E-state index in [4.69, 9.17) is 0 Å². The molecule has 3 aromatic rings. The molecule has 0 aromatic heterocycles. The van der Waals surface area contributed by atoms with E-state index in [0.717, 1.165) is 27.9 Å². The zero-order valence-corrected chi connectivity index (χ0v) is 21.4. The van der Waals surface area contributed by atoms with Crippen LogP contribution in [-0.2, 0) is 4.79 Å². The molecule has 1 fully saturated rings. The fourth-order valence-corrected chi connectivity index (χ4v) is 4.58. The zero-order valence-electron chi connectivity index (χ0n) is 21.4. The third kappa shape index (κ3) is 5.55. The molecular formula is C30H33N3O3. The number of rotatable bonds is 6. The number of benzene rings is 3. The summed E-state index contributed by atoms with van der Waals surface area (Å²) >= 11 is 0. The number of carbonyl (C=O) groups excluding carboxylic acids is 3. The molecule has 36 heavy (non-hydrogen) atoms. The maximum Gasteiger partial charge on any atom is 0.254 e. The first kappa shape index (κ1) is 25.3. The molecule has 0 unspecified atom stereocenters. The average molecular weight is 484 g/mol. The van der Waals surface area contributed by atoms with Gasteiger partial charge in [-0.15, -0.1) is 0 Å². The van der Waals surface area contributed by atoms with Crippen LogP contribution in [0, 0.1) is 27.7 Å². The summed E-state index contributed by atoms with van der Waals surface area (Å²) in [7, 11) is 0. The van der Waals surface area contributed by atoms with Gasteiger partial charge in [0.15, 0.2) is 5.78 Å². The van der Waals surface area contributed by atoms with Gasteiger partial charge in [-0.3, -0.25) is 19.3 Å². The summed E-state index contributed by atoms with van der Waals surface area (Å²) in [5, 5.41) is 3.03. The Hall–Kier alpha value is -3.77. The molecule has 1 aliphatic heterocycles. The van der Waals surface area contributed by atoms with Gasteiger partial charge < -0.3 is 10.2 Å². The number of anilines is 1. The number of nitrogens with one attached hydrogen (secondary N) is 1. The lowest BCUT2D eigenvalue weighted by Gasteiger charge is -2.34. The summed E-state index contributed by atoms with van der Waals surface area (Å²) in [4.78, 5) is 43.1. The first-order chi connectivity index (χ1) is 17.2. The molecule has 6 nitrogen and oxygen atoms in total. The molecule has 4 rings (SSSR count). The second kappa shape index (κ2) is 10.9. The Morgan fingerprint density at radius 1 is 0.722 bits per heavy atom. The third-order valence-electron chi connectivity index (χ3n) is 6.94. The van der Waals surface area contributed by atoms with Crippen molar-refractivity contribution in [1.82, 2.24) is 9.80 Å². The van der Waals surface area contributed by atoms with E-state index in [9.17, 15) is 14.4 Å². The van der Waals surface area contributed by atoms with Gasteiger partial charge in [0.05, 0.1) is 12.1 Å². The molecule has 0 radical (unpaired) electrons. The van der Waals surface area contributed by atoms with Crippen molar-refractivity contribution in [2.45, 2.75) is 27.7 Å². The van der Waals surface area contributed by atoms with Crippen molar-refractivity contribution in [1.29, 1.82) is 0 Å². The monoisotopic (exact) mass is 483 g/mol. The van der Waals surface area contributed by atoms with Crippen molar-refractivity contribution in [3.63, 3.8) is 0 Å². The number of piperazine rings is 1. The van der Waals surface area contributed by atoms with Crippen molar-refractivity contribution in [2.75, 3.05) is 38.0 Å². The lowest BCUT2D eigenvalue weighted by atomic mass is 9.95. The fourth-order valence-electron chi connectivity index (χ4n) is 4.58. The molecule has 0 saturated carbocycles. The number of nitrogens with zero attached hydrogens (tertiary/aromatic N) is 2. The van der Waals surface area contributed by atoms with Gasteiger partial charge >= 0.3 is 0 Å². The highest BCUT2D eigenvalue weighted by atomic mass is 16.2. The van der Waals surface area contributed by atoms with E-state index < -0.39 is 0 Å². The average Bonchev–Trinajstić information content (AvgIpc) is 2.87. The Bertz CT molecular complexity index is 1290. The smallest absolute Gasteiger partial charge is 0.254 e. The zero-order chi connectivity index (χ0) is 25.8. The van der Waals surface area contributed by atoms with E-state index in [1.165, 1.54) is 0 Å². The number of ketones is 1. The van der Waals surface area contributed by atoms with Crippen molar-refractivity contribution < 1.29 is 14.4 Å². The Balaban J connectivity index is 1.39. The predicted octanol–water partition coefficient (Wildman–Crippen LogP) is 4.55. The number of para-hydroxylation sites is 1. The van der Waals surface area contributed by atoms with Crippen molar-refractivity contribution in [3.05, 3.63) is 99.6 Å². The van der Waals surface area contributed by atoms with E-state index >= 15 is 0 Å². The van der Waals surface area contributed by atoms with E-state index in [2.05, 4.69) is 10.2 Å². The Morgan fingerprint density at radius 2 is 1.36 bits per heavy atom. The van der Waals surface area contributed by atoms with Crippen LogP contribution in [0.15, 0.2) is 60.7 Å². The van der Waals surface area contributed by atoms with Gasteiger partial charge in [0.1, 0.15) is 0 Å². The van der Waals surface area contributed by atoms with Gasteiger partial charge in [0.2, 0.25) is 5.91 Å². The van der Waals surface area contributed by atoms with E-state index in [0.29, 0.717) is 42.9 Å². The van der Waals surface area contributed by atoms with E-state index in [1.54, 1.807) is 29.2 Å². The number of hydrogen-bond acceptors (Lipinski definition) is 4. The summed E-state index contributed by atoms with van der Waals surface area (Å²) < 4.78 is 0. The maximum absolute atomic E-state index is 13.4. The molecule has 2 amide bonds. The van der Waals surface area contributed by atoms with Crippen LogP contribution in [0.3, 0.4) is 0 Å². The number of hydrogen-bond donors (Lipinski definition) is 1. The highest BCUT2D eigenvalue weighted by Gasteiger charge is 2.26. The van der Waals surface area contributed by atoms with Crippen LogP contribution >= 0.6 is 0 Å². The molecule has 0 bridgehead atoms. The van der Waals surface area contributed by atoms with Crippen LogP contribution in [0.5, 0.6) is 0 Å². The maximum atomic E-state index is 13.4. The van der Waals surface area contributed by atoms with Crippen LogP contribution in [0.4, 0.5) is 5.69 Å².